The molecule has 2 N–H and O–H groups in total. The molecule has 30 heavy (non-hydrogen) atoms. The quantitative estimate of drug-likeness (QED) is 0.514. The van der Waals surface area contributed by atoms with Crippen LogP contribution in [0.5, 0.6) is 5.75 Å². The van der Waals surface area contributed by atoms with Crippen molar-refractivity contribution >= 4 is 17.1 Å². The zero-order valence-corrected chi connectivity index (χ0v) is 17.1. The Balaban J connectivity index is 1.76. The first-order chi connectivity index (χ1) is 14.5. The van der Waals surface area contributed by atoms with E-state index >= 15 is 0 Å². The van der Waals surface area contributed by atoms with E-state index in [4.69, 9.17) is 4.74 Å². The van der Waals surface area contributed by atoms with Crippen molar-refractivity contribution in [3.63, 3.8) is 0 Å². The number of rotatable bonds is 6. The number of H-pyrrole nitrogens is 1. The highest BCUT2D eigenvalue weighted by atomic mass is 16.5. The van der Waals surface area contributed by atoms with Gasteiger partial charge in [0, 0.05) is 13.6 Å². The fourth-order valence-corrected chi connectivity index (χ4v) is 3.44. The number of fused-ring (bicyclic) bond motifs is 1. The molecule has 0 bridgehead atoms. The third-order valence-electron chi connectivity index (χ3n) is 5.04. The molecule has 154 valence electrons. The van der Waals surface area contributed by atoms with Crippen LogP contribution in [0.15, 0.2) is 58.1 Å². The van der Waals surface area contributed by atoms with Gasteiger partial charge >= 0.3 is 5.69 Å². The molecule has 2 aromatic carbocycles. The van der Waals surface area contributed by atoms with E-state index in [1.165, 1.54) is 4.57 Å². The Hall–Kier alpha value is -3.81. The second-order valence-electron chi connectivity index (χ2n) is 7.20. The van der Waals surface area contributed by atoms with Gasteiger partial charge in [0.1, 0.15) is 5.75 Å². The molecule has 0 spiro atoms. The molecule has 0 saturated carbocycles. The summed E-state index contributed by atoms with van der Waals surface area (Å²) in [5, 5.41) is 3.31. The van der Waals surface area contributed by atoms with E-state index in [1.54, 1.807) is 14.2 Å². The number of benzene rings is 2. The molecule has 2 aromatic heterocycles. The van der Waals surface area contributed by atoms with Crippen LogP contribution in [0.4, 0.5) is 5.95 Å². The van der Waals surface area contributed by atoms with Gasteiger partial charge in [-0.1, -0.05) is 42.0 Å². The Morgan fingerprint density at radius 1 is 1.10 bits per heavy atom. The van der Waals surface area contributed by atoms with E-state index in [0.29, 0.717) is 30.2 Å². The first-order valence-electron chi connectivity index (χ1n) is 9.58. The molecule has 4 rings (SSSR count). The van der Waals surface area contributed by atoms with Gasteiger partial charge in [-0.25, -0.2) is 4.79 Å². The lowest BCUT2D eigenvalue weighted by molar-refractivity contribution is 0.414. The number of nitrogens with one attached hydrogen (secondary N) is 2. The number of hydrogen-bond acceptors (Lipinski definition) is 5. The van der Waals surface area contributed by atoms with Crippen molar-refractivity contribution < 1.29 is 4.74 Å². The van der Waals surface area contributed by atoms with Gasteiger partial charge in [-0.2, -0.15) is 4.98 Å². The molecule has 0 aliphatic heterocycles. The van der Waals surface area contributed by atoms with Gasteiger partial charge in [0.15, 0.2) is 11.2 Å². The summed E-state index contributed by atoms with van der Waals surface area (Å²) in [4.78, 5) is 31.6. The third kappa shape index (κ3) is 3.71. The minimum atomic E-state index is -0.491. The predicted octanol–water partition coefficient (Wildman–Crippen LogP) is 2.40. The fourth-order valence-electron chi connectivity index (χ4n) is 3.44. The molecule has 0 saturated heterocycles. The average molecular weight is 405 g/mol. The summed E-state index contributed by atoms with van der Waals surface area (Å²) in [6.07, 6.45) is 0. The van der Waals surface area contributed by atoms with Gasteiger partial charge in [-0.15, -0.1) is 0 Å². The topological polar surface area (TPSA) is 93.9 Å². The van der Waals surface area contributed by atoms with Crippen molar-refractivity contribution in [2.24, 2.45) is 7.05 Å². The normalized spacial score (nSPS) is 11.0. The number of aromatic nitrogens is 4. The Kier molecular flexibility index (Phi) is 5.14. The highest BCUT2D eigenvalue weighted by Crippen LogP contribution is 2.19. The lowest BCUT2D eigenvalue weighted by Gasteiger charge is -2.11. The van der Waals surface area contributed by atoms with Crippen LogP contribution in [0.1, 0.15) is 16.7 Å². The number of imidazole rings is 1. The second-order valence-corrected chi connectivity index (χ2v) is 7.20. The fraction of sp³-hybridized carbons (Fsp3) is 0.227. The molecule has 0 aliphatic carbocycles. The molecule has 0 radical (unpaired) electrons. The molecule has 0 fully saturated rings. The van der Waals surface area contributed by atoms with Crippen LogP contribution in [0, 0.1) is 6.92 Å². The van der Waals surface area contributed by atoms with Crippen LogP contribution in [-0.2, 0) is 20.1 Å². The van der Waals surface area contributed by atoms with Gasteiger partial charge < -0.3 is 10.1 Å². The van der Waals surface area contributed by atoms with Crippen molar-refractivity contribution in [1.29, 1.82) is 0 Å². The van der Waals surface area contributed by atoms with Crippen molar-refractivity contribution in [3.8, 4) is 5.75 Å². The molecule has 0 amide bonds. The average Bonchev–Trinajstić information content (AvgIpc) is 3.10. The van der Waals surface area contributed by atoms with Crippen LogP contribution in [0.3, 0.4) is 0 Å². The van der Waals surface area contributed by atoms with Gasteiger partial charge in [0.2, 0.25) is 5.95 Å². The maximum Gasteiger partial charge on any atom is 0.329 e. The van der Waals surface area contributed by atoms with Crippen LogP contribution in [-0.4, -0.2) is 26.2 Å². The molecule has 8 heteroatoms. The van der Waals surface area contributed by atoms with E-state index in [-0.39, 0.29) is 0 Å². The second kappa shape index (κ2) is 7.90. The lowest BCUT2D eigenvalue weighted by Crippen LogP contribution is -2.29. The van der Waals surface area contributed by atoms with Gasteiger partial charge in [0.25, 0.3) is 5.56 Å². The summed E-state index contributed by atoms with van der Waals surface area (Å²) in [5.41, 5.74) is 2.96. The molecular formula is C22H23N5O3. The van der Waals surface area contributed by atoms with E-state index in [0.717, 1.165) is 22.4 Å². The number of methoxy groups -OCH3 is 1. The molecule has 4 aromatic rings. The summed E-state index contributed by atoms with van der Waals surface area (Å²) in [6, 6.07) is 15.8. The van der Waals surface area contributed by atoms with E-state index in [9.17, 15) is 9.59 Å². The van der Waals surface area contributed by atoms with Crippen molar-refractivity contribution in [2.75, 3.05) is 12.4 Å². The van der Waals surface area contributed by atoms with Crippen molar-refractivity contribution in [3.05, 3.63) is 86.1 Å². The number of aromatic amines is 1. The standard InChI is InChI=1S/C22H23N5O3/c1-14-5-4-6-16(11-14)13-27-18-19(26(2)22(29)25-20(18)28)24-21(27)23-12-15-7-9-17(30-3)10-8-15/h4-11H,12-13H2,1-3H3,(H,23,24)(H,25,28,29). The van der Waals surface area contributed by atoms with Crippen LogP contribution >= 0.6 is 0 Å². The summed E-state index contributed by atoms with van der Waals surface area (Å²) in [7, 11) is 3.22. The van der Waals surface area contributed by atoms with Crippen LogP contribution in [0.25, 0.3) is 11.2 Å². The number of ether oxygens (including phenoxy) is 1. The molecule has 2 heterocycles. The summed E-state index contributed by atoms with van der Waals surface area (Å²) in [5.74, 6) is 1.31. The van der Waals surface area contributed by atoms with E-state index < -0.39 is 11.2 Å². The Bertz CT molecular complexity index is 1320. The highest BCUT2D eigenvalue weighted by molar-refractivity contribution is 5.74. The minimum absolute atomic E-state index is 0.341. The minimum Gasteiger partial charge on any atom is -0.497 e. The maximum absolute atomic E-state index is 12.6. The number of hydrogen-bond donors (Lipinski definition) is 2. The third-order valence-corrected chi connectivity index (χ3v) is 5.04. The predicted molar refractivity (Wildman–Crippen MR) is 116 cm³/mol. The first-order valence-corrected chi connectivity index (χ1v) is 9.58. The summed E-state index contributed by atoms with van der Waals surface area (Å²) in [6.45, 7) is 2.98. The number of anilines is 1. The van der Waals surface area contributed by atoms with Gasteiger partial charge in [-0.3, -0.25) is 18.9 Å². The summed E-state index contributed by atoms with van der Waals surface area (Å²) < 4.78 is 8.36. The smallest absolute Gasteiger partial charge is 0.329 e. The maximum atomic E-state index is 12.6. The van der Waals surface area contributed by atoms with Crippen LogP contribution < -0.4 is 21.3 Å². The zero-order chi connectivity index (χ0) is 21.3. The molecule has 8 nitrogen and oxygen atoms in total. The Morgan fingerprint density at radius 2 is 1.87 bits per heavy atom. The number of nitrogens with zero attached hydrogens (tertiary/aromatic N) is 3. The molecule has 0 atom stereocenters. The number of aryl methyl sites for hydroxylation is 2. The van der Waals surface area contributed by atoms with E-state index in [1.807, 2.05) is 54.0 Å². The monoisotopic (exact) mass is 405 g/mol. The SMILES string of the molecule is COc1ccc(CNc2nc3c(c(=O)[nH]c(=O)n3C)n2Cc2cccc(C)c2)cc1. The summed E-state index contributed by atoms with van der Waals surface area (Å²) >= 11 is 0. The lowest BCUT2D eigenvalue weighted by atomic mass is 10.1. The Labute approximate surface area is 172 Å². The molecule has 0 aliphatic rings. The van der Waals surface area contributed by atoms with E-state index in [2.05, 4.69) is 21.4 Å². The van der Waals surface area contributed by atoms with Crippen molar-refractivity contribution in [2.45, 2.75) is 20.0 Å². The van der Waals surface area contributed by atoms with Gasteiger partial charge in [-0.05, 0) is 30.2 Å². The zero-order valence-electron chi connectivity index (χ0n) is 17.1. The van der Waals surface area contributed by atoms with Gasteiger partial charge in [0.05, 0.1) is 13.7 Å². The largest absolute Gasteiger partial charge is 0.497 e. The Morgan fingerprint density at radius 3 is 2.57 bits per heavy atom. The van der Waals surface area contributed by atoms with Crippen LogP contribution in [0.2, 0.25) is 0 Å². The highest BCUT2D eigenvalue weighted by Gasteiger charge is 2.17. The molecule has 0 unspecified atom stereocenters. The van der Waals surface area contributed by atoms with Crippen molar-refractivity contribution in [1.82, 2.24) is 19.1 Å². The first kappa shape index (κ1) is 19.5. The molecular weight excluding hydrogens is 382 g/mol.